The summed E-state index contributed by atoms with van der Waals surface area (Å²) in [4.78, 5) is 0. The second kappa shape index (κ2) is 5.71. The van der Waals surface area contributed by atoms with Gasteiger partial charge in [-0.1, -0.05) is 17.7 Å². The molecule has 0 bridgehead atoms. The second-order valence-corrected chi connectivity index (χ2v) is 6.51. The van der Waals surface area contributed by atoms with Crippen LogP contribution in [0.25, 0.3) is 0 Å². The maximum absolute atomic E-state index is 9.37. The Bertz CT molecular complexity index is 767. The minimum Gasteiger partial charge on any atom is -0.476 e. The normalized spacial score (nSPS) is 23.4. The minimum absolute atomic E-state index is 0.356. The Hall–Kier alpha value is -1.50. The predicted molar refractivity (Wildman–Crippen MR) is 89.2 cm³/mol. The van der Waals surface area contributed by atoms with Crippen LogP contribution in [0.2, 0.25) is 5.02 Å². The van der Waals surface area contributed by atoms with Crippen LogP contribution in [0.5, 0.6) is 0 Å². The second-order valence-electron chi connectivity index (χ2n) is 4.94. The molecule has 1 heterocycles. The summed E-state index contributed by atoms with van der Waals surface area (Å²) in [5, 5.41) is 19.1. The van der Waals surface area contributed by atoms with Gasteiger partial charge in [0, 0.05) is 9.13 Å². The van der Waals surface area contributed by atoms with Crippen molar-refractivity contribution in [1.82, 2.24) is 0 Å². The molecule has 5 heteroatoms. The summed E-state index contributed by atoms with van der Waals surface area (Å²) in [7, 11) is 0. The third-order valence-electron chi connectivity index (χ3n) is 3.71. The monoisotopic (exact) mass is 410 g/mol. The molecule has 1 unspecified atom stereocenters. The molecular formula is C16H12ClIN2O. The van der Waals surface area contributed by atoms with E-state index in [4.69, 9.17) is 21.6 Å². The Morgan fingerprint density at radius 2 is 2.05 bits per heavy atom. The zero-order chi connectivity index (χ0) is 15.8. The van der Waals surface area contributed by atoms with Gasteiger partial charge >= 0.3 is 0 Å². The number of rotatable bonds is 1. The quantitative estimate of drug-likeness (QED) is 0.492. The first-order valence-electron chi connectivity index (χ1n) is 6.22. The van der Waals surface area contributed by atoms with Crippen molar-refractivity contribution in [3.63, 3.8) is 0 Å². The summed E-state index contributed by atoms with van der Waals surface area (Å²) in [6.07, 6.45) is 0. The maximum Gasteiger partial charge on any atom is 0.154 e. The minimum atomic E-state index is -0.785. The molecule has 21 heavy (non-hydrogen) atoms. The molecule has 0 aromatic heterocycles. The number of benzene rings is 1. The van der Waals surface area contributed by atoms with Crippen LogP contribution in [0.3, 0.4) is 0 Å². The van der Waals surface area contributed by atoms with E-state index in [0.717, 1.165) is 14.7 Å². The molecule has 0 fully saturated rings. The summed E-state index contributed by atoms with van der Waals surface area (Å²) in [5.41, 5.74) is 1.68. The number of halogens is 2. The van der Waals surface area contributed by atoms with Gasteiger partial charge in [0.1, 0.15) is 6.07 Å². The van der Waals surface area contributed by atoms with E-state index in [1.165, 1.54) is 0 Å². The van der Waals surface area contributed by atoms with Crippen molar-refractivity contribution in [2.75, 3.05) is 0 Å². The lowest BCUT2D eigenvalue weighted by Gasteiger charge is -2.27. The number of allylic oxidation sites excluding steroid dienone is 2. The fraction of sp³-hybridized carbons (Fsp3) is 0.250. The third-order valence-corrected chi connectivity index (χ3v) is 5.29. The zero-order valence-electron chi connectivity index (χ0n) is 11.8. The molecule has 1 aromatic rings. The molecule has 0 N–H and O–H groups in total. The molecule has 0 amide bonds. The number of nitriles is 2. The SMILES string of the molecule is CC1=C(C#N)/C(=C(\C)C#N)OC1(C)c1ccc(I)c(Cl)c1. The zero-order valence-corrected chi connectivity index (χ0v) is 14.7. The van der Waals surface area contributed by atoms with Crippen LogP contribution >= 0.6 is 34.2 Å². The van der Waals surface area contributed by atoms with E-state index in [9.17, 15) is 5.26 Å². The molecule has 2 rings (SSSR count). The summed E-state index contributed by atoms with van der Waals surface area (Å²) in [6, 6.07) is 9.86. The molecule has 1 aliphatic rings. The highest BCUT2D eigenvalue weighted by Crippen LogP contribution is 2.46. The fourth-order valence-corrected chi connectivity index (χ4v) is 2.77. The number of hydrogen-bond acceptors (Lipinski definition) is 3. The Morgan fingerprint density at radius 3 is 2.57 bits per heavy atom. The van der Waals surface area contributed by atoms with E-state index in [0.29, 0.717) is 21.9 Å². The molecule has 3 nitrogen and oxygen atoms in total. The summed E-state index contributed by atoms with van der Waals surface area (Å²) >= 11 is 8.35. The summed E-state index contributed by atoms with van der Waals surface area (Å²) < 4.78 is 6.95. The maximum atomic E-state index is 9.37. The molecule has 0 radical (unpaired) electrons. The molecule has 1 aromatic carbocycles. The van der Waals surface area contributed by atoms with Gasteiger partial charge < -0.3 is 4.74 Å². The van der Waals surface area contributed by atoms with Gasteiger partial charge in [0.05, 0.1) is 22.2 Å². The van der Waals surface area contributed by atoms with Crippen LogP contribution in [-0.2, 0) is 10.3 Å². The van der Waals surface area contributed by atoms with Crippen molar-refractivity contribution < 1.29 is 4.74 Å². The van der Waals surface area contributed by atoms with Crippen molar-refractivity contribution in [2.24, 2.45) is 0 Å². The van der Waals surface area contributed by atoms with Crippen molar-refractivity contribution in [1.29, 1.82) is 10.5 Å². The average molecular weight is 411 g/mol. The lowest BCUT2D eigenvalue weighted by atomic mass is 9.88. The van der Waals surface area contributed by atoms with Crippen LogP contribution < -0.4 is 0 Å². The van der Waals surface area contributed by atoms with Crippen LogP contribution in [0.4, 0.5) is 0 Å². The highest BCUT2D eigenvalue weighted by Gasteiger charge is 2.42. The number of nitrogens with zero attached hydrogens (tertiary/aromatic N) is 2. The van der Waals surface area contributed by atoms with Gasteiger partial charge in [-0.3, -0.25) is 0 Å². The van der Waals surface area contributed by atoms with E-state index in [-0.39, 0.29) is 0 Å². The summed E-state index contributed by atoms with van der Waals surface area (Å²) in [5.74, 6) is 0.356. The standard InChI is InChI=1S/C16H12ClIN2O/c1-9(7-19)15-12(8-20)10(2)16(3,21-15)11-4-5-14(18)13(17)6-11/h4-6H,1-3H3/b15-9-. The molecule has 0 saturated heterocycles. The van der Waals surface area contributed by atoms with Crippen LogP contribution in [0.15, 0.2) is 40.7 Å². The lowest BCUT2D eigenvalue weighted by molar-refractivity contribution is 0.0723. The van der Waals surface area contributed by atoms with Crippen LogP contribution in [-0.4, -0.2) is 0 Å². The van der Waals surface area contributed by atoms with E-state index in [2.05, 4.69) is 28.7 Å². The number of ether oxygens (including phenoxy) is 1. The number of hydrogen-bond donors (Lipinski definition) is 0. The van der Waals surface area contributed by atoms with Gasteiger partial charge in [-0.05, 0) is 61.1 Å². The van der Waals surface area contributed by atoms with E-state index in [1.54, 1.807) is 6.92 Å². The Labute approximate surface area is 142 Å². The van der Waals surface area contributed by atoms with Gasteiger partial charge in [0.15, 0.2) is 11.4 Å². The molecule has 106 valence electrons. The molecular weight excluding hydrogens is 399 g/mol. The predicted octanol–water partition coefficient (Wildman–Crippen LogP) is 4.83. The van der Waals surface area contributed by atoms with Gasteiger partial charge in [-0.2, -0.15) is 10.5 Å². The average Bonchev–Trinajstić information content (AvgIpc) is 2.74. The first-order chi connectivity index (χ1) is 9.85. The summed E-state index contributed by atoms with van der Waals surface area (Å²) in [6.45, 7) is 5.38. The highest BCUT2D eigenvalue weighted by molar-refractivity contribution is 14.1. The van der Waals surface area contributed by atoms with Gasteiger partial charge in [-0.15, -0.1) is 0 Å². The molecule has 1 atom stereocenters. The Balaban J connectivity index is 2.65. The van der Waals surface area contributed by atoms with Gasteiger partial charge in [-0.25, -0.2) is 0 Å². The van der Waals surface area contributed by atoms with Crippen molar-refractivity contribution >= 4 is 34.2 Å². The molecule has 0 saturated carbocycles. The fourth-order valence-electron chi connectivity index (χ4n) is 2.26. The van der Waals surface area contributed by atoms with E-state index >= 15 is 0 Å². The van der Waals surface area contributed by atoms with Crippen molar-refractivity contribution in [2.45, 2.75) is 26.4 Å². The largest absolute Gasteiger partial charge is 0.476 e. The van der Waals surface area contributed by atoms with Crippen molar-refractivity contribution in [3.8, 4) is 12.1 Å². The van der Waals surface area contributed by atoms with Gasteiger partial charge in [0.2, 0.25) is 0 Å². The third kappa shape index (κ3) is 2.54. The Morgan fingerprint density at radius 1 is 1.38 bits per heavy atom. The first kappa shape index (κ1) is 15.9. The molecule has 0 aliphatic carbocycles. The topological polar surface area (TPSA) is 56.8 Å². The highest BCUT2D eigenvalue weighted by atomic mass is 127. The van der Waals surface area contributed by atoms with Crippen LogP contribution in [0, 0.1) is 26.2 Å². The smallest absolute Gasteiger partial charge is 0.154 e. The van der Waals surface area contributed by atoms with E-state index in [1.807, 2.05) is 38.1 Å². The van der Waals surface area contributed by atoms with Gasteiger partial charge in [0.25, 0.3) is 0 Å². The van der Waals surface area contributed by atoms with Crippen LogP contribution in [0.1, 0.15) is 26.3 Å². The van der Waals surface area contributed by atoms with Crippen molar-refractivity contribution in [3.05, 3.63) is 54.8 Å². The Kier molecular flexibility index (Phi) is 4.32. The first-order valence-corrected chi connectivity index (χ1v) is 7.68. The molecule has 0 spiro atoms. The molecule has 1 aliphatic heterocycles. The van der Waals surface area contributed by atoms with E-state index < -0.39 is 5.60 Å². The lowest BCUT2D eigenvalue weighted by Crippen LogP contribution is -2.23.